The maximum absolute atomic E-state index is 12.0. The van der Waals surface area contributed by atoms with Crippen molar-refractivity contribution in [1.82, 2.24) is 10.3 Å². The van der Waals surface area contributed by atoms with Gasteiger partial charge in [0.15, 0.2) is 0 Å². The highest BCUT2D eigenvalue weighted by atomic mass is 79.9. The minimum Gasteiger partial charge on any atom is -0.350 e. The minimum atomic E-state index is -0.250. The third kappa shape index (κ3) is 3.69. The molecule has 1 aliphatic rings. The zero-order valence-corrected chi connectivity index (χ0v) is 12.5. The van der Waals surface area contributed by atoms with Crippen LogP contribution in [0.3, 0.4) is 0 Å². The van der Waals surface area contributed by atoms with Gasteiger partial charge in [0.25, 0.3) is 5.91 Å². The minimum absolute atomic E-state index is 0.170. The van der Waals surface area contributed by atoms with E-state index in [1.165, 1.54) is 25.3 Å². The second-order valence-corrected chi connectivity index (χ2v) is 5.87. The van der Waals surface area contributed by atoms with Gasteiger partial charge in [0.2, 0.25) is 5.56 Å². The SMILES string of the molecule is O=C(NCC1(CBr)CCCCC1)c1cccc(=O)[nH]1. The number of carbonyl (C=O) groups is 1. The number of alkyl halides is 1. The molecule has 1 saturated carbocycles. The number of hydrogen-bond acceptors (Lipinski definition) is 2. The number of carbonyl (C=O) groups excluding carboxylic acids is 1. The summed E-state index contributed by atoms with van der Waals surface area (Å²) in [5.74, 6) is -0.205. The number of aromatic nitrogens is 1. The van der Waals surface area contributed by atoms with Crippen LogP contribution in [0.4, 0.5) is 0 Å². The predicted octanol–water partition coefficient (Wildman–Crippen LogP) is 2.45. The Bertz CT molecular complexity index is 492. The third-order valence-corrected chi connectivity index (χ3v) is 5.02. The van der Waals surface area contributed by atoms with E-state index in [2.05, 4.69) is 26.2 Å². The van der Waals surface area contributed by atoms with Gasteiger partial charge < -0.3 is 10.3 Å². The second-order valence-electron chi connectivity index (χ2n) is 5.31. The Hall–Kier alpha value is -1.10. The molecule has 0 bridgehead atoms. The largest absolute Gasteiger partial charge is 0.350 e. The maximum atomic E-state index is 12.0. The van der Waals surface area contributed by atoms with Gasteiger partial charge in [0.1, 0.15) is 5.69 Å². The van der Waals surface area contributed by atoms with Crippen molar-refractivity contribution in [2.75, 3.05) is 11.9 Å². The van der Waals surface area contributed by atoms with Crippen LogP contribution in [0.15, 0.2) is 23.0 Å². The van der Waals surface area contributed by atoms with E-state index in [-0.39, 0.29) is 16.9 Å². The monoisotopic (exact) mass is 326 g/mol. The van der Waals surface area contributed by atoms with Crippen molar-refractivity contribution in [1.29, 1.82) is 0 Å². The normalized spacial score (nSPS) is 17.9. The fourth-order valence-corrected chi connectivity index (χ4v) is 3.36. The van der Waals surface area contributed by atoms with Crippen molar-refractivity contribution < 1.29 is 4.79 Å². The van der Waals surface area contributed by atoms with Crippen molar-refractivity contribution in [3.05, 3.63) is 34.2 Å². The van der Waals surface area contributed by atoms with Gasteiger partial charge in [0.05, 0.1) is 0 Å². The molecule has 2 N–H and O–H groups in total. The first-order chi connectivity index (χ1) is 9.15. The lowest BCUT2D eigenvalue weighted by Gasteiger charge is -2.35. The van der Waals surface area contributed by atoms with Crippen LogP contribution in [0.25, 0.3) is 0 Å². The third-order valence-electron chi connectivity index (χ3n) is 3.83. The maximum Gasteiger partial charge on any atom is 0.267 e. The summed E-state index contributed by atoms with van der Waals surface area (Å²) in [5.41, 5.74) is 0.247. The smallest absolute Gasteiger partial charge is 0.267 e. The number of H-pyrrole nitrogens is 1. The molecule has 104 valence electrons. The topological polar surface area (TPSA) is 62.0 Å². The molecule has 0 saturated heterocycles. The van der Waals surface area contributed by atoms with E-state index in [1.807, 2.05) is 0 Å². The zero-order chi connectivity index (χ0) is 13.7. The highest BCUT2D eigenvalue weighted by Gasteiger charge is 2.31. The molecule has 5 heteroatoms. The first kappa shape index (κ1) is 14.3. The Kier molecular flexibility index (Phi) is 4.80. The summed E-state index contributed by atoms with van der Waals surface area (Å²) >= 11 is 3.58. The fraction of sp³-hybridized carbons (Fsp3) is 0.571. The molecule has 1 aromatic rings. The zero-order valence-electron chi connectivity index (χ0n) is 10.9. The first-order valence-corrected chi connectivity index (χ1v) is 7.81. The Labute approximate surface area is 121 Å². The number of amides is 1. The number of nitrogens with one attached hydrogen (secondary N) is 2. The molecule has 1 aromatic heterocycles. The van der Waals surface area contributed by atoms with E-state index in [0.29, 0.717) is 12.2 Å². The number of halogens is 1. The Morgan fingerprint density at radius 2 is 2.05 bits per heavy atom. The van der Waals surface area contributed by atoms with E-state index >= 15 is 0 Å². The molecule has 2 rings (SSSR count). The quantitative estimate of drug-likeness (QED) is 0.835. The molecule has 0 unspecified atom stereocenters. The van der Waals surface area contributed by atoms with Gasteiger partial charge in [-0.25, -0.2) is 0 Å². The highest BCUT2D eigenvalue weighted by Crippen LogP contribution is 2.37. The van der Waals surface area contributed by atoms with Crippen LogP contribution in [-0.4, -0.2) is 22.8 Å². The van der Waals surface area contributed by atoms with Gasteiger partial charge >= 0.3 is 0 Å². The average Bonchev–Trinajstić information content (AvgIpc) is 2.46. The summed E-state index contributed by atoms with van der Waals surface area (Å²) in [6, 6.07) is 4.62. The average molecular weight is 327 g/mol. The van der Waals surface area contributed by atoms with Gasteiger partial charge in [-0.3, -0.25) is 9.59 Å². The Morgan fingerprint density at radius 1 is 1.32 bits per heavy atom. The lowest BCUT2D eigenvalue weighted by Crippen LogP contribution is -2.40. The molecular weight excluding hydrogens is 308 g/mol. The van der Waals surface area contributed by atoms with Crippen LogP contribution >= 0.6 is 15.9 Å². The van der Waals surface area contributed by atoms with Gasteiger partial charge in [-0.05, 0) is 24.3 Å². The van der Waals surface area contributed by atoms with E-state index in [9.17, 15) is 9.59 Å². The molecule has 1 fully saturated rings. The molecular formula is C14H19BrN2O2. The molecule has 0 radical (unpaired) electrons. The van der Waals surface area contributed by atoms with Crippen LogP contribution in [0.5, 0.6) is 0 Å². The predicted molar refractivity (Wildman–Crippen MR) is 78.7 cm³/mol. The molecule has 1 amide bonds. The molecule has 0 aliphatic heterocycles. The van der Waals surface area contributed by atoms with Crippen molar-refractivity contribution in [3.63, 3.8) is 0 Å². The van der Waals surface area contributed by atoms with E-state index in [1.54, 1.807) is 12.1 Å². The summed E-state index contributed by atoms with van der Waals surface area (Å²) in [5, 5.41) is 3.86. The summed E-state index contributed by atoms with van der Waals surface area (Å²) < 4.78 is 0. The van der Waals surface area contributed by atoms with Crippen molar-refractivity contribution in [2.45, 2.75) is 32.1 Å². The van der Waals surface area contributed by atoms with Crippen LogP contribution in [0, 0.1) is 5.41 Å². The molecule has 0 atom stereocenters. The summed E-state index contributed by atoms with van der Waals surface area (Å²) in [6.45, 7) is 0.661. The van der Waals surface area contributed by atoms with Gasteiger partial charge in [-0.2, -0.15) is 0 Å². The van der Waals surface area contributed by atoms with E-state index in [0.717, 1.165) is 18.2 Å². The molecule has 19 heavy (non-hydrogen) atoms. The number of aromatic amines is 1. The van der Waals surface area contributed by atoms with Gasteiger partial charge in [-0.1, -0.05) is 41.3 Å². The number of hydrogen-bond donors (Lipinski definition) is 2. The van der Waals surface area contributed by atoms with E-state index in [4.69, 9.17) is 0 Å². The summed E-state index contributed by atoms with van der Waals surface area (Å²) in [7, 11) is 0. The van der Waals surface area contributed by atoms with Crippen LogP contribution in [0.1, 0.15) is 42.6 Å². The molecule has 1 aliphatic carbocycles. The van der Waals surface area contributed by atoms with Crippen LogP contribution in [0.2, 0.25) is 0 Å². The molecule has 0 spiro atoms. The molecule has 0 aromatic carbocycles. The van der Waals surface area contributed by atoms with E-state index < -0.39 is 0 Å². The van der Waals surface area contributed by atoms with Gasteiger partial charge in [-0.15, -0.1) is 0 Å². The second kappa shape index (κ2) is 6.37. The number of rotatable bonds is 4. The van der Waals surface area contributed by atoms with Gasteiger partial charge in [0, 0.05) is 17.9 Å². The first-order valence-electron chi connectivity index (χ1n) is 6.69. The highest BCUT2D eigenvalue weighted by molar-refractivity contribution is 9.09. The van der Waals surface area contributed by atoms with Crippen molar-refractivity contribution in [2.24, 2.45) is 5.41 Å². The van der Waals surface area contributed by atoms with Crippen molar-refractivity contribution in [3.8, 4) is 0 Å². The Balaban J connectivity index is 1.97. The lowest BCUT2D eigenvalue weighted by molar-refractivity contribution is 0.0916. The summed E-state index contributed by atoms with van der Waals surface area (Å²) in [6.07, 6.45) is 6.02. The fourth-order valence-electron chi connectivity index (χ4n) is 2.60. The van der Waals surface area contributed by atoms with Crippen LogP contribution < -0.4 is 10.9 Å². The Morgan fingerprint density at radius 3 is 2.68 bits per heavy atom. The molecule has 1 heterocycles. The number of pyridine rings is 1. The lowest BCUT2D eigenvalue weighted by atomic mass is 9.75. The standard InChI is InChI=1S/C14H19BrN2O2/c15-9-14(7-2-1-3-8-14)10-16-13(19)11-5-4-6-12(18)17-11/h4-6H,1-3,7-10H2,(H,16,19)(H,17,18). The summed E-state index contributed by atoms with van der Waals surface area (Å²) in [4.78, 5) is 25.7. The molecule has 4 nitrogen and oxygen atoms in total. The van der Waals surface area contributed by atoms with Crippen LogP contribution in [-0.2, 0) is 0 Å². The van der Waals surface area contributed by atoms with Crippen molar-refractivity contribution >= 4 is 21.8 Å².